The molecule has 1 atom stereocenters. The van der Waals surface area contributed by atoms with Crippen molar-refractivity contribution in [2.45, 2.75) is 65.5 Å². The number of nitrogens with zero attached hydrogens (tertiary/aromatic N) is 1. The number of hydrogen-bond donors (Lipinski definition) is 2. The van der Waals surface area contributed by atoms with E-state index in [1.54, 1.807) is 0 Å². The number of anilines is 1. The first-order valence-corrected chi connectivity index (χ1v) is 17.0. The van der Waals surface area contributed by atoms with Crippen LogP contribution in [0.3, 0.4) is 0 Å². The zero-order valence-corrected chi connectivity index (χ0v) is 28.5. The Morgan fingerprint density at radius 1 is 0.857 bits per heavy atom. The van der Waals surface area contributed by atoms with Crippen LogP contribution in [0.2, 0.25) is 0 Å². The Morgan fingerprint density at radius 2 is 1.59 bits per heavy atom. The Balaban J connectivity index is 1.37. The van der Waals surface area contributed by atoms with Crippen LogP contribution in [0.1, 0.15) is 73.1 Å². The predicted molar refractivity (Wildman–Crippen MR) is 194 cm³/mol. The molecule has 0 bridgehead atoms. The minimum atomic E-state index is -1.31. The van der Waals surface area contributed by atoms with Crippen LogP contribution in [0.15, 0.2) is 103 Å². The Kier molecular flexibility index (Phi) is 8.27. The van der Waals surface area contributed by atoms with Crippen molar-refractivity contribution in [1.82, 2.24) is 4.90 Å². The summed E-state index contributed by atoms with van der Waals surface area (Å²) in [5.74, 6) is -1.21. The number of esters is 1. The molecule has 1 heterocycles. The lowest BCUT2D eigenvalue weighted by Gasteiger charge is -2.34. The molecule has 0 amide bonds. The van der Waals surface area contributed by atoms with Gasteiger partial charge in [-0.1, -0.05) is 72.8 Å². The Bertz CT molecular complexity index is 2260. The number of ether oxygens (including phenoxy) is 1. The van der Waals surface area contributed by atoms with Crippen LogP contribution < -0.4 is 15.8 Å². The van der Waals surface area contributed by atoms with Crippen molar-refractivity contribution < 1.29 is 19.4 Å². The van der Waals surface area contributed by atoms with E-state index in [9.17, 15) is 14.7 Å². The van der Waals surface area contributed by atoms with Gasteiger partial charge in [0.15, 0.2) is 0 Å². The van der Waals surface area contributed by atoms with Gasteiger partial charge in [-0.15, -0.1) is 0 Å². The van der Waals surface area contributed by atoms with Gasteiger partial charge in [0.25, 0.3) is 0 Å². The van der Waals surface area contributed by atoms with Crippen LogP contribution in [0.25, 0.3) is 17.7 Å². The van der Waals surface area contributed by atoms with E-state index >= 15 is 0 Å². The number of carboxylic acid groups (broad SMARTS) is 1. The van der Waals surface area contributed by atoms with Crippen molar-refractivity contribution in [2.75, 3.05) is 5.32 Å². The highest BCUT2D eigenvalue weighted by molar-refractivity contribution is 5.92. The highest BCUT2D eigenvalue weighted by atomic mass is 16.6. The fourth-order valence-corrected chi connectivity index (χ4v) is 7.36. The molecule has 0 aromatic heterocycles. The minimum absolute atomic E-state index is 0.328. The molecule has 248 valence electrons. The van der Waals surface area contributed by atoms with Crippen molar-refractivity contribution in [3.05, 3.63) is 152 Å². The molecule has 6 nitrogen and oxygen atoms in total. The Hall–Kier alpha value is -5.36. The van der Waals surface area contributed by atoms with Gasteiger partial charge in [-0.05, 0) is 126 Å². The highest BCUT2D eigenvalue weighted by Gasteiger charge is 2.43. The van der Waals surface area contributed by atoms with E-state index in [0.29, 0.717) is 30.6 Å². The molecule has 0 radical (unpaired) electrons. The standard InChI is InChI=1S/C43H42N2O4/c1-42(2,3)49-40(46)30-18-19-32-29(25-30)17-20-35-33-14-10-15-37(36(33)22-21-34(32)35)43(4,41(47)48)39-27-45(24-23-28-11-6-5-7-12-28)26-31-13-8-9-16-38(31)44-39/h5-9,11-13,16-19,21-25,27,44H,10,14-15,20,26H2,1-4H3,(H,47,48). The maximum absolute atomic E-state index is 13.6. The third-order valence-electron chi connectivity index (χ3n) is 9.87. The van der Waals surface area contributed by atoms with Crippen LogP contribution in [-0.4, -0.2) is 27.5 Å². The van der Waals surface area contributed by atoms with Crippen molar-refractivity contribution in [3.8, 4) is 0 Å². The van der Waals surface area contributed by atoms with E-state index in [1.807, 2.05) is 94.7 Å². The van der Waals surface area contributed by atoms with Gasteiger partial charge in [0, 0.05) is 24.6 Å². The van der Waals surface area contributed by atoms with E-state index in [-0.39, 0.29) is 5.97 Å². The lowest BCUT2D eigenvalue weighted by molar-refractivity contribution is -0.142. The van der Waals surface area contributed by atoms with E-state index in [4.69, 9.17) is 4.74 Å². The fraction of sp³-hybridized carbons (Fsp3) is 0.256. The molecule has 2 aliphatic carbocycles. The molecule has 0 saturated carbocycles. The van der Waals surface area contributed by atoms with E-state index < -0.39 is 17.0 Å². The number of carbonyl (C=O) groups excluding carboxylic acids is 1. The van der Waals surface area contributed by atoms with Crippen LogP contribution >= 0.6 is 0 Å². The Labute approximate surface area is 287 Å². The van der Waals surface area contributed by atoms with Crippen LogP contribution in [-0.2, 0) is 28.9 Å². The molecular formula is C43H42N2O4. The molecule has 4 aromatic rings. The number of benzene rings is 4. The van der Waals surface area contributed by atoms with Gasteiger partial charge >= 0.3 is 11.9 Å². The largest absolute Gasteiger partial charge is 0.480 e. The summed E-state index contributed by atoms with van der Waals surface area (Å²) in [6.07, 6.45) is 11.4. The third-order valence-corrected chi connectivity index (χ3v) is 9.87. The van der Waals surface area contributed by atoms with E-state index in [1.165, 1.54) is 11.1 Å². The number of nitrogens with one attached hydrogen (secondary N) is 1. The first-order chi connectivity index (χ1) is 23.5. The van der Waals surface area contributed by atoms with Gasteiger partial charge in [-0.2, -0.15) is 0 Å². The number of carbonyl (C=O) groups is 2. The van der Waals surface area contributed by atoms with Crippen molar-refractivity contribution >= 4 is 35.4 Å². The van der Waals surface area contributed by atoms with Gasteiger partial charge in [0.2, 0.25) is 0 Å². The maximum atomic E-state index is 13.6. The number of aliphatic carboxylic acids is 1. The molecule has 0 fully saturated rings. The van der Waals surface area contributed by atoms with Gasteiger partial charge in [0.05, 0.1) is 11.3 Å². The molecule has 6 heteroatoms. The lowest BCUT2D eigenvalue weighted by Crippen LogP contribution is -2.40. The summed E-state index contributed by atoms with van der Waals surface area (Å²) in [5, 5.41) is 19.0. The zero-order chi connectivity index (χ0) is 34.3. The van der Waals surface area contributed by atoms with Crippen molar-refractivity contribution in [2.24, 2.45) is 5.41 Å². The molecule has 4 aromatic carbocycles. The fourth-order valence-electron chi connectivity index (χ4n) is 7.36. The summed E-state index contributed by atoms with van der Waals surface area (Å²) in [6.45, 7) is 8.07. The van der Waals surface area contributed by atoms with Crippen LogP contribution in [0, 0.1) is 15.9 Å². The van der Waals surface area contributed by atoms with Gasteiger partial charge in [0.1, 0.15) is 11.0 Å². The maximum Gasteiger partial charge on any atom is 0.338 e. The summed E-state index contributed by atoms with van der Waals surface area (Å²) in [7, 11) is 0. The summed E-state index contributed by atoms with van der Waals surface area (Å²) >= 11 is 0. The zero-order valence-electron chi connectivity index (χ0n) is 28.5. The SMILES string of the molecule is CC(C)(C)OC(=O)c1ccc2c(c1)=CCc1c3c(ccc1=2)=C(C(C)(C(=O)O)C1=CN(C=Cc2ccccc2)Cc2ccccc2N1)CCC3. The first kappa shape index (κ1) is 32.2. The second-order valence-electron chi connectivity index (χ2n) is 14.3. The quantitative estimate of drug-likeness (QED) is 0.214. The second-order valence-corrected chi connectivity index (χ2v) is 14.3. The summed E-state index contributed by atoms with van der Waals surface area (Å²) in [6, 6.07) is 28.3. The first-order valence-electron chi connectivity index (χ1n) is 17.0. The minimum Gasteiger partial charge on any atom is -0.480 e. The molecule has 7 rings (SSSR count). The average molecular weight is 651 g/mol. The summed E-state index contributed by atoms with van der Waals surface area (Å²) in [4.78, 5) is 28.5. The average Bonchev–Trinajstić information content (AvgIpc) is 3.29. The number of fused-ring (bicyclic) bond motifs is 5. The number of carboxylic acids is 1. The van der Waals surface area contributed by atoms with Gasteiger partial charge in [-0.3, -0.25) is 4.79 Å². The monoisotopic (exact) mass is 650 g/mol. The summed E-state index contributed by atoms with van der Waals surface area (Å²) < 4.78 is 5.62. The molecule has 2 N–H and O–H groups in total. The Morgan fingerprint density at radius 3 is 2.37 bits per heavy atom. The van der Waals surface area contributed by atoms with E-state index in [2.05, 4.69) is 52.7 Å². The molecular weight excluding hydrogens is 608 g/mol. The van der Waals surface area contributed by atoms with Crippen LogP contribution in [0.4, 0.5) is 5.69 Å². The second kappa shape index (κ2) is 12.6. The number of hydrogen-bond acceptors (Lipinski definition) is 5. The molecule has 49 heavy (non-hydrogen) atoms. The van der Waals surface area contributed by atoms with Crippen molar-refractivity contribution in [3.63, 3.8) is 0 Å². The van der Waals surface area contributed by atoms with Gasteiger partial charge in [-0.25, -0.2) is 4.79 Å². The third kappa shape index (κ3) is 6.19. The number of para-hydroxylation sites is 1. The van der Waals surface area contributed by atoms with Crippen LogP contribution in [0.5, 0.6) is 0 Å². The summed E-state index contributed by atoms with van der Waals surface area (Å²) in [5.41, 5.74) is 5.75. The lowest BCUT2D eigenvalue weighted by atomic mass is 9.72. The highest BCUT2D eigenvalue weighted by Crippen LogP contribution is 2.43. The number of rotatable bonds is 6. The van der Waals surface area contributed by atoms with Crippen molar-refractivity contribution in [1.29, 1.82) is 0 Å². The normalized spacial score (nSPS) is 16.4. The molecule has 3 aliphatic rings. The smallest absolute Gasteiger partial charge is 0.338 e. The van der Waals surface area contributed by atoms with Gasteiger partial charge < -0.3 is 20.1 Å². The molecule has 1 unspecified atom stereocenters. The topological polar surface area (TPSA) is 78.9 Å². The van der Waals surface area contributed by atoms with E-state index in [0.717, 1.165) is 56.1 Å². The molecule has 0 saturated heterocycles. The predicted octanol–water partition coefficient (Wildman–Crippen LogP) is 7.28. The molecule has 1 aliphatic heterocycles. The molecule has 0 spiro atoms.